The molecule has 2 aromatic carbocycles. The Kier molecular flexibility index (Phi) is 4.70. The molecule has 0 atom stereocenters. The Morgan fingerprint density at radius 1 is 1.14 bits per heavy atom. The molecule has 1 saturated heterocycles. The van der Waals surface area contributed by atoms with E-state index in [0.29, 0.717) is 6.42 Å². The first-order chi connectivity index (χ1) is 13.7. The molecule has 0 bridgehead atoms. The molecular formula is C21H21ClN4OS. The molecule has 144 valence electrons. The quantitative estimate of drug-likeness (QED) is 0.707. The van der Waals surface area contributed by atoms with E-state index in [4.69, 9.17) is 11.6 Å². The number of amides is 1. The Balaban J connectivity index is 1.20. The van der Waals surface area contributed by atoms with Crippen LogP contribution in [-0.2, 0) is 17.6 Å². The minimum atomic E-state index is 0.0509. The first-order valence-corrected chi connectivity index (χ1v) is 10.8. The van der Waals surface area contributed by atoms with Gasteiger partial charge in [0.05, 0.1) is 11.9 Å². The average molecular weight is 413 g/mol. The minimum absolute atomic E-state index is 0.0509. The summed E-state index contributed by atoms with van der Waals surface area (Å²) in [4.78, 5) is 16.5. The molecule has 3 aromatic rings. The van der Waals surface area contributed by atoms with Gasteiger partial charge in [-0.25, -0.2) is 0 Å². The van der Waals surface area contributed by atoms with E-state index in [1.54, 1.807) is 11.5 Å². The van der Waals surface area contributed by atoms with E-state index in [1.807, 2.05) is 12.1 Å². The highest BCUT2D eigenvalue weighted by atomic mass is 35.5. The number of nitrogens with zero attached hydrogens (tertiary/aromatic N) is 3. The lowest BCUT2D eigenvalue weighted by Crippen LogP contribution is -2.46. The molecule has 5 nitrogen and oxygen atoms in total. The van der Waals surface area contributed by atoms with Crippen LogP contribution in [0, 0.1) is 0 Å². The van der Waals surface area contributed by atoms with Gasteiger partial charge in [-0.1, -0.05) is 29.8 Å². The molecule has 2 aliphatic rings. The Hall–Kier alpha value is -2.15. The fourth-order valence-electron chi connectivity index (χ4n) is 4.05. The number of rotatable bonds is 4. The molecule has 0 aliphatic carbocycles. The molecule has 1 N–H and O–H groups in total. The number of anilines is 2. The second-order valence-electron chi connectivity index (χ2n) is 7.41. The lowest BCUT2D eigenvalue weighted by molar-refractivity contribution is -0.115. The van der Waals surface area contributed by atoms with E-state index in [-0.39, 0.29) is 5.91 Å². The molecule has 5 rings (SSSR count). The zero-order chi connectivity index (χ0) is 19.1. The summed E-state index contributed by atoms with van der Waals surface area (Å²) in [7, 11) is 0. The van der Waals surface area contributed by atoms with Gasteiger partial charge in [-0.2, -0.15) is 4.37 Å². The largest absolute Gasteiger partial charge is 0.359 e. The number of benzene rings is 2. The summed E-state index contributed by atoms with van der Waals surface area (Å²) in [5.41, 5.74) is 4.15. The van der Waals surface area contributed by atoms with E-state index in [1.165, 1.54) is 10.4 Å². The highest BCUT2D eigenvalue weighted by Gasteiger charge is 2.22. The number of nitrogens with one attached hydrogen (secondary N) is 1. The topological polar surface area (TPSA) is 48.5 Å². The maximum atomic E-state index is 11.6. The van der Waals surface area contributed by atoms with Crippen molar-refractivity contribution in [2.45, 2.75) is 12.8 Å². The molecule has 0 spiro atoms. The predicted molar refractivity (Wildman–Crippen MR) is 116 cm³/mol. The van der Waals surface area contributed by atoms with E-state index < -0.39 is 0 Å². The lowest BCUT2D eigenvalue weighted by Gasteiger charge is -2.35. The van der Waals surface area contributed by atoms with Crippen LogP contribution < -0.4 is 10.2 Å². The molecule has 1 amide bonds. The van der Waals surface area contributed by atoms with Crippen molar-refractivity contribution in [2.24, 2.45) is 0 Å². The molecule has 0 unspecified atom stereocenters. The molecule has 2 aliphatic heterocycles. The molecular weight excluding hydrogens is 392 g/mol. The molecule has 7 heteroatoms. The van der Waals surface area contributed by atoms with Crippen molar-refractivity contribution in [3.63, 3.8) is 0 Å². The summed E-state index contributed by atoms with van der Waals surface area (Å²) >= 11 is 8.04. The van der Waals surface area contributed by atoms with Crippen LogP contribution in [0.4, 0.5) is 10.7 Å². The van der Waals surface area contributed by atoms with E-state index in [2.05, 4.69) is 43.8 Å². The van der Waals surface area contributed by atoms with Crippen LogP contribution in [-0.4, -0.2) is 47.9 Å². The average Bonchev–Trinajstić information content (AvgIpc) is 3.29. The van der Waals surface area contributed by atoms with Gasteiger partial charge < -0.3 is 10.2 Å². The highest BCUT2D eigenvalue weighted by Crippen LogP contribution is 2.32. The summed E-state index contributed by atoms with van der Waals surface area (Å²) in [5, 5.41) is 6.15. The Labute approximate surface area is 173 Å². The summed E-state index contributed by atoms with van der Waals surface area (Å²) in [6.45, 7) is 5.09. The lowest BCUT2D eigenvalue weighted by atomic mass is 10.1. The maximum absolute atomic E-state index is 11.6. The monoisotopic (exact) mass is 412 g/mol. The number of hydrogen-bond donors (Lipinski definition) is 1. The third-order valence-electron chi connectivity index (χ3n) is 5.62. The maximum Gasteiger partial charge on any atom is 0.228 e. The number of aromatic nitrogens is 1. The second-order valence-corrected chi connectivity index (χ2v) is 8.57. The van der Waals surface area contributed by atoms with Crippen molar-refractivity contribution in [2.75, 3.05) is 42.9 Å². The SMILES string of the molecule is O=C1Cc2cc(CCN3CCN(c4snc5ccccc45)CC3)c(Cl)cc2N1. The third kappa shape index (κ3) is 3.36. The summed E-state index contributed by atoms with van der Waals surface area (Å²) < 4.78 is 4.58. The summed E-state index contributed by atoms with van der Waals surface area (Å²) in [6, 6.07) is 12.4. The van der Waals surface area contributed by atoms with Crippen LogP contribution in [0.3, 0.4) is 0 Å². The van der Waals surface area contributed by atoms with Crippen LogP contribution in [0.25, 0.3) is 10.9 Å². The van der Waals surface area contributed by atoms with Gasteiger partial charge in [0.1, 0.15) is 5.00 Å². The number of piperazine rings is 1. The number of halogens is 1. The number of carbonyl (C=O) groups is 1. The summed E-state index contributed by atoms with van der Waals surface area (Å²) in [5.74, 6) is 0.0509. The molecule has 0 saturated carbocycles. The van der Waals surface area contributed by atoms with Gasteiger partial charge in [-0.15, -0.1) is 0 Å². The van der Waals surface area contributed by atoms with E-state index in [0.717, 1.165) is 66.5 Å². The van der Waals surface area contributed by atoms with Crippen molar-refractivity contribution in [1.29, 1.82) is 0 Å². The van der Waals surface area contributed by atoms with Crippen molar-refractivity contribution < 1.29 is 4.79 Å². The molecule has 0 radical (unpaired) electrons. The van der Waals surface area contributed by atoms with Gasteiger partial charge in [0, 0.05) is 48.8 Å². The second kappa shape index (κ2) is 7.35. The van der Waals surface area contributed by atoms with E-state index >= 15 is 0 Å². The van der Waals surface area contributed by atoms with Crippen LogP contribution in [0.15, 0.2) is 36.4 Å². The first kappa shape index (κ1) is 17.9. The summed E-state index contributed by atoms with van der Waals surface area (Å²) in [6.07, 6.45) is 1.37. The van der Waals surface area contributed by atoms with E-state index in [9.17, 15) is 4.79 Å². The van der Waals surface area contributed by atoms with Crippen molar-refractivity contribution in [1.82, 2.24) is 9.27 Å². The number of hydrogen-bond acceptors (Lipinski definition) is 5. The molecule has 1 fully saturated rings. The zero-order valence-electron chi connectivity index (χ0n) is 15.4. The first-order valence-electron chi connectivity index (χ1n) is 9.60. The highest BCUT2D eigenvalue weighted by molar-refractivity contribution is 7.11. The molecule has 3 heterocycles. The third-order valence-corrected chi connectivity index (χ3v) is 6.91. The Morgan fingerprint density at radius 3 is 2.82 bits per heavy atom. The van der Waals surface area contributed by atoms with Gasteiger partial charge in [-0.05, 0) is 47.3 Å². The van der Waals surface area contributed by atoms with Gasteiger partial charge in [0.15, 0.2) is 0 Å². The van der Waals surface area contributed by atoms with Gasteiger partial charge in [0.2, 0.25) is 5.91 Å². The zero-order valence-corrected chi connectivity index (χ0v) is 17.0. The van der Waals surface area contributed by atoms with Gasteiger partial charge in [0.25, 0.3) is 0 Å². The fourth-order valence-corrected chi connectivity index (χ4v) is 5.22. The van der Waals surface area contributed by atoms with Crippen LogP contribution in [0.5, 0.6) is 0 Å². The molecule has 1 aromatic heterocycles. The van der Waals surface area contributed by atoms with Crippen molar-refractivity contribution >= 4 is 50.6 Å². The van der Waals surface area contributed by atoms with Gasteiger partial charge in [-0.3, -0.25) is 9.69 Å². The molecule has 28 heavy (non-hydrogen) atoms. The Morgan fingerprint density at radius 2 is 1.96 bits per heavy atom. The smallest absolute Gasteiger partial charge is 0.228 e. The normalized spacial score (nSPS) is 17.2. The van der Waals surface area contributed by atoms with Crippen molar-refractivity contribution in [3.8, 4) is 0 Å². The van der Waals surface area contributed by atoms with Crippen LogP contribution >= 0.6 is 23.1 Å². The van der Waals surface area contributed by atoms with Gasteiger partial charge >= 0.3 is 0 Å². The van der Waals surface area contributed by atoms with Crippen molar-refractivity contribution in [3.05, 3.63) is 52.5 Å². The fraction of sp³-hybridized carbons (Fsp3) is 0.333. The Bertz CT molecular complexity index is 1040. The van der Waals surface area contributed by atoms with Crippen LogP contribution in [0.2, 0.25) is 5.02 Å². The number of fused-ring (bicyclic) bond motifs is 2. The van der Waals surface area contributed by atoms with Crippen LogP contribution in [0.1, 0.15) is 11.1 Å². The standard InChI is InChI=1S/C21H21ClN4OS/c22-17-13-19-15(12-20(27)23-19)11-14(17)5-6-25-7-9-26(10-8-25)21-16-3-1-2-4-18(16)24-28-21/h1-4,11,13H,5-10,12H2,(H,23,27). The minimum Gasteiger partial charge on any atom is -0.359 e. The predicted octanol–water partition coefficient (Wildman–Crippen LogP) is 3.81. The number of carbonyl (C=O) groups excluding carboxylic acids is 1.